The molecule has 0 radical (unpaired) electrons. The quantitative estimate of drug-likeness (QED) is 0.0476. The summed E-state index contributed by atoms with van der Waals surface area (Å²) in [5.41, 5.74) is 13.4. The number of urea groups is 1. The molecule has 0 unspecified atom stereocenters. The van der Waals surface area contributed by atoms with Crippen molar-refractivity contribution in [1.82, 2.24) is 21.3 Å². The number of carbonyl (C=O) groups is 8. The minimum atomic E-state index is -5.08. The molecule has 0 aromatic heterocycles. The van der Waals surface area contributed by atoms with Gasteiger partial charge in [0.25, 0.3) is 11.8 Å². The molecule has 28 heteroatoms. The monoisotopic (exact) mass is 1000 g/mol. The summed E-state index contributed by atoms with van der Waals surface area (Å²) in [6.07, 6.45) is -8.33. The van der Waals surface area contributed by atoms with E-state index in [1.807, 2.05) is 30.3 Å². The Balaban J connectivity index is 0.00000285. The molecule has 2 rings (SSSR count). The van der Waals surface area contributed by atoms with Crippen molar-refractivity contribution in [2.24, 2.45) is 11.5 Å². The molecule has 0 spiro atoms. The van der Waals surface area contributed by atoms with Gasteiger partial charge in [-0.2, -0.15) is 26.3 Å². The summed E-state index contributed by atoms with van der Waals surface area (Å²) in [6.45, 7) is 5.22. The number of ether oxygens (including phenoxy) is 3. The van der Waals surface area contributed by atoms with Crippen LogP contribution in [0.5, 0.6) is 0 Å². The first-order valence-corrected chi connectivity index (χ1v) is 20.6. The Labute approximate surface area is 390 Å². The maximum absolute atomic E-state index is 13.4. The first-order valence-electron chi connectivity index (χ1n) is 20.6. The molecule has 0 saturated heterocycles. The molecule has 388 valence electrons. The molecule has 2 aromatic rings. The number of carboxylic acid groups (broad SMARTS) is 4. The summed E-state index contributed by atoms with van der Waals surface area (Å²) in [5, 5.41) is 45.7. The van der Waals surface area contributed by atoms with Crippen LogP contribution in [0.4, 0.5) is 41.6 Å². The minimum Gasteiger partial charge on any atom is -0.480 e. The van der Waals surface area contributed by atoms with E-state index >= 15 is 0 Å². The SMILES string of the molecule is Cc1c(NC(=O)NCCOCCOCCNC(=O)OCc2ccccc2)cc(C(=O)NCCCC[C@H](N)C(=O)O)c(C)c1C(=O)NCCCC[C@H](N)C(=O)O.O=C(O)C(F)(F)F.O=C(O)C(F)(F)F. The highest BCUT2D eigenvalue weighted by atomic mass is 19.4. The van der Waals surface area contributed by atoms with E-state index in [2.05, 4.69) is 26.6 Å². The number of nitrogens with two attached hydrogens (primary N) is 2. The largest absolute Gasteiger partial charge is 0.490 e. The van der Waals surface area contributed by atoms with Gasteiger partial charge >= 0.3 is 48.4 Å². The standard InChI is InChI=1S/C37H55N7O11.2C2HF3O2/c1-24-27(32(45)40-14-8-6-12-28(38)34(47)48)22-30(25(2)31(24)33(46)41-15-9-7-13-29(39)35(49)50)44-36(51)42-16-18-53-20-21-54-19-17-43-37(52)55-23-26-10-4-3-5-11-26;2*3-2(4,5)1(6)7/h3-5,10-11,22,28-29H,6-9,12-21,23,38-39H2,1-2H3,(H,40,45)(H,41,46)(H,43,52)(H,47,48)(H,49,50)(H2,42,44,51);2*(H,6,7)/t28-,29-;;/m0../s1. The predicted molar refractivity (Wildman–Crippen MR) is 230 cm³/mol. The highest BCUT2D eigenvalue weighted by Crippen LogP contribution is 2.27. The van der Waals surface area contributed by atoms with Gasteiger partial charge in [-0.25, -0.2) is 19.2 Å². The third kappa shape index (κ3) is 28.2. The number of benzene rings is 2. The van der Waals surface area contributed by atoms with Gasteiger partial charge < -0.3 is 72.7 Å². The number of anilines is 1. The Morgan fingerprint density at radius 1 is 0.609 bits per heavy atom. The number of hydrogen-bond donors (Lipinski definition) is 11. The molecule has 5 amide bonds. The van der Waals surface area contributed by atoms with Crippen LogP contribution in [0.2, 0.25) is 0 Å². The summed E-state index contributed by atoms with van der Waals surface area (Å²) >= 11 is 0. The molecular weight excluding hydrogens is 944 g/mol. The molecular formula is C41H57F6N7O15. The van der Waals surface area contributed by atoms with E-state index < -0.39 is 72.3 Å². The van der Waals surface area contributed by atoms with Gasteiger partial charge in [-0.1, -0.05) is 30.3 Å². The van der Waals surface area contributed by atoms with Gasteiger partial charge in [-0.15, -0.1) is 0 Å². The lowest BCUT2D eigenvalue weighted by Crippen LogP contribution is -2.33. The number of amides is 5. The average Bonchev–Trinajstić information content (AvgIpc) is 3.26. The topological polar surface area (TPSA) is 357 Å². The Hall–Kier alpha value is -6.78. The van der Waals surface area contributed by atoms with E-state index in [4.69, 9.17) is 55.7 Å². The number of halogens is 6. The zero-order valence-electron chi connectivity index (χ0n) is 37.4. The molecule has 0 saturated carbocycles. The molecule has 0 aliphatic carbocycles. The van der Waals surface area contributed by atoms with Gasteiger partial charge in [0, 0.05) is 43.0 Å². The Kier molecular flexibility index (Phi) is 29.6. The predicted octanol–water partition coefficient (Wildman–Crippen LogP) is 3.28. The van der Waals surface area contributed by atoms with Crippen LogP contribution in [0.15, 0.2) is 36.4 Å². The van der Waals surface area contributed by atoms with Crippen molar-refractivity contribution in [3.63, 3.8) is 0 Å². The van der Waals surface area contributed by atoms with Gasteiger partial charge in [0.1, 0.15) is 18.7 Å². The number of aliphatic carboxylic acids is 4. The van der Waals surface area contributed by atoms with E-state index in [1.165, 1.54) is 6.07 Å². The van der Waals surface area contributed by atoms with Gasteiger partial charge in [-0.05, 0) is 75.1 Å². The Bertz CT molecular complexity index is 1950. The molecule has 0 aliphatic heterocycles. The number of rotatable bonds is 26. The van der Waals surface area contributed by atoms with E-state index in [9.17, 15) is 55.1 Å². The lowest BCUT2D eigenvalue weighted by Gasteiger charge is -2.19. The van der Waals surface area contributed by atoms with Crippen molar-refractivity contribution in [3.05, 3.63) is 64.2 Å². The molecule has 2 aromatic carbocycles. The average molecular weight is 1000 g/mol. The number of nitrogens with one attached hydrogen (secondary N) is 5. The summed E-state index contributed by atoms with van der Waals surface area (Å²) in [4.78, 5) is 91.0. The molecule has 0 fully saturated rings. The third-order valence-electron chi connectivity index (χ3n) is 8.77. The fourth-order valence-corrected chi connectivity index (χ4v) is 5.16. The van der Waals surface area contributed by atoms with Gasteiger partial charge in [0.05, 0.1) is 26.4 Å². The van der Waals surface area contributed by atoms with Crippen LogP contribution in [0.3, 0.4) is 0 Å². The second-order valence-electron chi connectivity index (χ2n) is 14.2. The maximum atomic E-state index is 13.4. The first-order chi connectivity index (χ1) is 32.2. The highest BCUT2D eigenvalue weighted by Gasteiger charge is 2.39. The summed E-state index contributed by atoms with van der Waals surface area (Å²) in [7, 11) is 0. The summed E-state index contributed by atoms with van der Waals surface area (Å²) < 4.78 is 79.5. The van der Waals surface area contributed by atoms with Crippen LogP contribution in [0, 0.1) is 13.8 Å². The number of carboxylic acids is 4. The Morgan fingerprint density at radius 2 is 1.06 bits per heavy atom. The minimum absolute atomic E-state index is 0.142. The second kappa shape index (κ2) is 32.8. The number of carbonyl (C=O) groups excluding carboxylic acids is 4. The molecule has 0 aliphatic rings. The van der Waals surface area contributed by atoms with Crippen molar-refractivity contribution >= 4 is 53.5 Å². The smallest absolute Gasteiger partial charge is 0.480 e. The van der Waals surface area contributed by atoms with Crippen molar-refractivity contribution < 1.29 is 99.3 Å². The van der Waals surface area contributed by atoms with Crippen LogP contribution in [0.25, 0.3) is 0 Å². The lowest BCUT2D eigenvalue weighted by atomic mass is 9.94. The van der Waals surface area contributed by atoms with Crippen LogP contribution in [0.1, 0.15) is 75.9 Å². The van der Waals surface area contributed by atoms with E-state index in [-0.39, 0.29) is 88.9 Å². The second-order valence-corrected chi connectivity index (χ2v) is 14.2. The lowest BCUT2D eigenvalue weighted by molar-refractivity contribution is -0.193. The van der Waals surface area contributed by atoms with E-state index in [0.717, 1.165) is 5.56 Å². The van der Waals surface area contributed by atoms with Crippen molar-refractivity contribution in [2.45, 2.75) is 83.4 Å². The zero-order valence-corrected chi connectivity index (χ0v) is 37.4. The van der Waals surface area contributed by atoms with Crippen LogP contribution in [-0.4, -0.2) is 145 Å². The van der Waals surface area contributed by atoms with Crippen LogP contribution >= 0.6 is 0 Å². The molecule has 69 heavy (non-hydrogen) atoms. The van der Waals surface area contributed by atoms with Crippen molar-refractivity contribution in [3.8, 4) is 0 Å². The highest BCUT2D eigenvalue weighted by molar-refractivity contribution is 6.06. The van der Waals surface area contributed by atoms with E-state index in [1.54, 1.807) is 13.8 Å². The fourth-order valence-electron chi connectivity index (χ4n) is 5.16. The van der Waals surface area contributed by atoms with E-state index in [0.29, 0.717) is 36.8 Å². The third-order valence-corrected chi connectivity index (χ3v) is 8.77. The molecule has 2 atom stereocenters. The number of unbranched alkanes of at least 4 members (excludes halogenated alkanes) is 2. The zero-order chi connectivity index (χ0) is 52.7. The summed E-state index contributed by atoms with van der Waals surface area (Å²) in [6, 6.07) is 8.20. The Morgan fingerprint density at radius 3 is 1.51 bits per heavy atom. The van der Waals surface area contributed by atoms with Gasteiger partial charge in [0.15, 0.2) is 0 Å². The molecule has 0 bridgehead atoms. The molecule has 0 heterocycles. The molecule has 22 nitrogen and oxygen atoms in total. The van der Waals surface area contributed by atoms with Crippen LogP contribution in [-0.2, 0) is 40.0 Å². The fraction of sp³-hybridized carbons (Fsp3) is 0.512. The normalized spacial score (nSPS) is 11.7. The van der Waals surface area contributed by atoms with Gasteiger partial charge in [-0.3, -0.25) is 19.2 Å². The number of alkyl halides is 6. The molecule has 13 N–H and O–H groups in total. The summed E-state index contributed by atoms with van der Waals surface area (Å²) in [5.74, 6) is -8.68. The number of hydrogen-bond acceptors (Lipinski definition) is 13. The van der Waals surface area contributed by atoms with Crippen molar-refractivity contribution in [1.29, 1.82) is 0 Å². The number of alkyl carbamates (subject to hydrolysis) is 1. The van der Waals surface area contributed by atoms with Gasteiger partial charge in [0.2, 0.25) is 0 Å². The maximum Gasteiger partial charge on any atom is 0.490 e. The van der Waals surface area contributed by atoms with Crippen LogP contribution < -0.4 is 38.1 Å². The first kappa shape index (κ1) is 62.2. The van der Waals surface area contributed by atoms with Crippen molar-refractivity contribution in [2.75, 3.05) is 57.9 Å².